The van der Waals surface area contributed by atoms with Crippen molar-refractivity contribution in [3.8, 4) is 0 Å². The van der Waals surface area contributed by atoms with Crippen molar-refractivity contribution in [1.82, 2.24) is 30.7 Å². The molecule has 3 rings (SSSR count). The van der Waals surface area contributed by atoms with E-state index in [1.807, 2.05) is 6.92 Å². The Morgan fingerprint density at radius 2 is 2.26 bits per heavy atom. The molecule has 2 N–H and O–H groups in total. The first-order chi connectivity index (χ1) is 13.1. The minimum absolute atomic E-state index is 0.116. The van der Waals surface area contributed by atoms with Gasteiger partial charge in [-0.3, -0.25) is 9.78 Å². The second kappa shape index (κ2) is 8.61. The molecular weight excluding hydrogens is 348 g/mol. The van der Waals surface area contributed by atoms with Gasteiger partial charge in [-0.05, 0) is 31.9 Å². The Balaban J connectivity index is 1.74. The average Bonchev–Trinajstić information content (AvgIpc) is 3.13. The molecule has 2 atom stereocenters. The van der Waals surface area contributed by atoms with Crippen LogP contribution in [-0.2, 0) is 0 Å². The van der Waals surface area contributed by atoms with Crippen molar-refractivity contribution in [1.29, 1.82) is 0 Å². The number of rotatable bonds is 5. The minimum atomic E-state index is -0.270. The van der Waals surface area contributed by atoms with Crippen LogP contribution in [0, 0.1) is 6.92 Å². The summed E-state index contributed by atoms with van der Waals surface area (Å²) < 4.78 is 5.35. The van der Waals surface area contributed by atoms with E-state index in [4.69, 9.17) is 4.52 Å². The summed E-state index contributed by atoms with van der Waals surface area (Å²) in [6, 6.07) is 3.10. The lowest BCUT2D eigenvalue weighted by Gasteiger charge is -2.37. The number of hydrogen-bond donors (Lipinski definition) is 2. The molecule has 144 valence electrons. The lowest BCUT2D eigenvalue weighted by molar-refractivity contribution is 0.0896. The van der Waals surface area contributed by atoms with E-state index in [1.165, 1.54) is 6.20 Å². The third-order valence-electron chi connectivity index (χ3n) is 4.53. The van der Waals surface area contributed by atoms with Crippen molar-refractivity contribution < 1.29 is 14.1 Å². The Bertz CT molecular complexity index is 778. The monoisotopic (exact) mass is 372 g/mol. The highest BCUT2D eigenvalue weighted by Crippen LogP contribution is 2.27. The first-order valence-electron chi connectivity index (χ1n) is 9.12. The second-order valence-electron chi connectivity index (χ2n) is 6.57. The first kappa shape index (κ1) is 18.8. The van der Waals surface area contributed by atoms with E-state index >= 15 is 0 Å². The molecule has 3 heterocycles. The fraction of sp³-hybridized carbons (Fsp3) is 0.500. The number of aryl methyl sites for hydroxylation is 1. The van der Waals surface area contributed by atoms with Crippen molar-refractivity contribution in [3.63, 3.8) is 0 Å². The SMILES string of the molecule is CCCNC(=O)N1CC[C@@H](NC(=O)c2cccnc2)[C@@H](c2nc(C)no2)C1. The highest BCUT2D eigenvalue weighted by atomic mass is 16.5. The lowest BCUT2D eigenvalue weighted by atomic mass is 9.91. The molecule has 1 aliphatic heterocycles. The highest BCUT2D eigenvalue weighted by Gasteiger charge is 2.36. The van der Waals surface area contributed by atoms with Crippen LogP contribution in [-0.4, -0.2) is 57.6 Å². The van der Waals surface area contributed by atoms with Crippen molar-refractivity contribution in [2.24, 2.45) is 0 Å². The number of urea groups is 1. The summed E-state index contributed by atoms with van der Waals surface area (Å²) in [7, 11) is 0. The van der Waals surface area contributed by atoms with Gasteiger partial charge in [0, 0.05) is 38.1 Å². The predicted octanol–water partition coefficient (Wildman–Crippen LogP) is 1.48. The summed E-state index contributed by atoms with van der Waals surface area (Å²) >= 11 is 0. The highest BCUT2D eigenvalue weighted by molar-refractivity contribution is 5.94. The molecule has 0 radical (unpaired) electrons. The molecule has 0 saturated carbocycles. The van der Waals surface area contributed by atoms with Gasteiger partial charge in [0.2, 0.25) is 5.89 Å². The fourth-order valence-corrected chi connectivity index (χ4v) is 3.12. The number of hydrogen-bond acceptors (Lipinski definition) is 6. The van der Waals surface area contributed by atoms with Crippen LogP contribution in [0.3, 0.4) is 0 Å². The maximum Gasteiger partial charge on any atom is 0.317 e. The number of nitrogens with one attached hydrogen (secondary N) is 2. The van der Waals surface area contributed by atoms with Crippen LogP contribution >= 0.6 is 0 Å². The number of carbonyl (C=O) groups is 2. The van der Waals surface area contributed by atoms with Gasteiger partial charge in [0.05, 0.1) is 11.5 Å². The number of amides is 3. The molecule has 1 saturated heterocycles. The third-order valence-corrected chi connectivity index (χ3v) is 4.53. The molecule has 0 unspecified atom stereocenters. The van der Waals surface area contributed by atoms with Crippen molar-refractivity contribution in [3.05, 3.63) is 41.8 Å². The maximum absolute atomic E-state index is 12.5. The Morgan fingerprint density at radius 1 is 1.41 bits per heavy atom. The molecule has 27 heavy (non-hydrogen) atoms. The molecule has 9 heteroatoms. The van der Waals surface area contributed by atoms with Crippen LogP contribution in [0.25, 0.3) is 0 Å². The van der Waals surface area contributed by atoms with E-state index in [0.717, 1.165) is 6.42 Å². The molecule has 2 aromatic rings. The van der Waals surface area contributed by atoms with Crippen molar-refractivity contribution >= 4 is 11.9 Å². The molecule has 1 fully saturated rings. The topological polar surface area (TPSA) is 113 Å². The third kappa shape index (κ3) is 4.60. The van der Waals surface area contributed by atoms with Crippen LogP contribution in [0.5, 0.6) is 0 Å². The van der Waals surface area contributed by atoms with E-state index in [-0.39, 0.29) is 23.9 Å². The normalized spacial score (nSPS) is 19.6. The molecule has 3 amide bonds. The summed E-state index contributed by atoms with van der Waals surface area (Å²) in [5.74, 6) is 0.470. The Labute approximate surface area is 157 Å². The molecular formula is C18H24N6O3. The zero-order valence-corrected chi connectivity index (χ0v) is 15.5. The predicted molar refractivity (Wildman–Crippen MR) is 97.1 cm³/mol. The summed E-state index contributed by atoms with van der Waals surface area (Å²) in [5, 5.41) is 9.77. The van der Waals surface area contributed by atoms with Crippen LogP contribution in [0.4, 0.5) is 4.79 Å². The van der Waals surface area contributed by atoms with Gasteiger partial charge >= 0.3 is 6.03 Å². The number of nitrogens with zero attached hydrogens (tertiary/aromatic N) is 4. The summed E-state index contributed by atoms with van der Waals surface area (Å²) in [6.45, 7) is 5.31. The number of likely N-dealkylation sites (tertiary alicyclic amines) is 1. The first-order valence-corrected chi connectivity index (χ1v) is 9.12. The summed E-state index contributed by atoms with van der Waals surface area (Å²) in [6.07, 6.45) is 4.61. The number of pyridine rings is 1. The lowest BCUT2D eigenvalue weighted by Crippen LogP contribution is -2.53. The van der Waals surface area contributed by atoms with Gasteiger partial charge in [0.15, 0.2) is 5.82 Å². The van der Waals surface area contributed by atoms with Crippen LogP contribution < -0.4 is 10.6 Å². The number of piperidine rings is 1. The van der Waals surface area contributed by atoms with E-state index in [2.05, 4.69) is 25.8 Å². The number of aromatic nitrogens is 3. The van der Waals surface area contributed by atoms with Gasteiger partial charge in [-0.2, -0.15) is 4.98 Å². The number of carbonyl (C=O) groups excluding carboxylic acids is 2. The molecule has 0 spiro atoms. The van der Waals surface area contributed by atoms with E-state index in [1.54, 1.807) is 30.2 Å². The Hall–Kier alpha value is -2.97. The maximum atomic E-state index is 12.5. The van der Waals surface area contributed by atoms with Gasteiger partial charge in [-0.25, -0.2) is 4.79 Å². The zero-order chi connectivity index (χ0) is 19.2. The summed E-state index contributed by atoms with van der Waals surface area (Å²) in [4.78, 5) is 34.9. The van der Waals surface area contributed by atoms with Gasteiger partial charge in [-0.1, -0.05) is 12.1 Å². The quantitative estimate of drug-likeness (QED) is 0.822. The van der Waals surface area contributed by atoms with Crippen molar-refractivity contribution in [2.45, 2.75) is 38.6 Å². The van der Waals surface area contributed by atoms with E-state index in [0.29, 0.717) is 43.3 Å². The minimum Gasteiger partial charge on any atom is -0.348 e. The molecule has 0 bridgehead atoms. The van der Waals surface area contributed by atoms with Crippen LogP contribution in [0.15, 0.2) is 29.0 Å². The molecule has 0 aliphatic carbocycles. The van der Waals surface area contributed by atoms with Gasteiger partial charge < -0.3 is 20.1 Å². The zero-order valence-electron chi connectivity index (χ0n) is 15.5. The Morgan fingerprint density at radius 3 is 2.93 bits per heavy atom. The molecule has 2 aromatic heterocycles. The fourth-order valence-electron chi connectivity index (χ4n) is 3.12. The van der Waals surface area contributed by atoms with Gasteiger partial charge in [0.25, 0.3) is 5.91 Å². The van der Waals surface area contributed by atoms with Crippen LogP contribution in [0.1, 0.15) is 47.8 Å². The average molecular weight is 372 g/mol. The van der Waals surface area contributed by atoms with Crippen LogP contribution in [0.2, 0.25) is 0 Å². The molecule has 9 nitrogen and oxygen atoms in total. The largest absolute Gasteiger partial charge is 0.348 e. The molecule has 0 aromatic carbocycles. The van der Waals surface area contributed by atoms with Gasteiger partial charge in [0.1, 0.15) is 0 Å². The van der Waals surface area contributed by atoms with E-state index in [9.17, 15) is 9.59 Å². The molecule has 1 aliphatic rings. The standard InChI is InChI=1S/C18H24N6O3/c1-3-7-20-18(26)24-9-6-15(14(11-24)17-21-12(2)23-27-17)22-16(25)13-5-4-8-19-10-13/h4-5,8,10,14-15H,3,6-7,9,11H2,1-2H3,(H,20,26)(H,22,25)/t14-,15+/m0/s1. The second-order valence-corrected chi connectivity index (χ2v) is 6.57. The van der Waals surface area contributed by atoms with E-state index < -0.39 is 0 Å². The summed E-state index contributed by atoms with van der Waals surface area (Å²) in [5.41, 5.74) is 0.487. The smallest absolute Gasteiger partial charge is 0.317 e. The van der Waals surface area contributed by atoms with Crippen molar-refractivity contribution in [2.75, 3.05) is 19.6 Å². The van der Waals surface area contributed by atoms with Gasteiger partial charge in [-0.15, -0.1) is 0 Å². The Kier molecular flexibility index (Phi) is 6.00.